The molecule has 1 rings (SSSR count). The van der Waals surface area contributed by atoms with Gasteiger partial charge in [-0.3, -0.25) is 9.69 Å². The van der Waals surface area contributed by atoms with Crippen molar-refractivity contribution in [3.05, 3.63) is 0 Å². The number of esters is 1. The minimum Gasteiger partial charge on any atom is -0.465 e. The Hall–Kier alpha value is -0.820. The van der Waals surface area contributed by atoms with Gasteiger partial charge in [0.05, 0.1) is 13.2 Å². The number of rotatable bonds is 8. The molecule has 4 nitrogen and oxygen atoms in total. The van der Waals surface area contributed by atoms with Gasteiger partial charge in [0.15, 0.2) is 0 Å². The lowest BCUT2D eigenvalue weighted by molar-refractivity contribution is -0.149. The van der Waals surface area contributed by atoms with E-state index in [-0.39, 0.29) is 19.2 Å². The maximum absolute atomic E-state index is 12.4. The minimum atomic E-state index is -4.19. The zero-order chi connectivity index (χ0) is 14.5. The fraction of sp³-hybridized carbons (Fsp3) is 0.917. The third-order valence-electron chi connectivity index (χ3n) is 3.07. The van der Waals surface area contributed by atoms with E-state index >= 15 is 0 Å². The molecule has 1 aliphatic rings. The third kappa shape index (κ3) is 6.24. The van der Waals surface area contributed by atoms with E-state index in [4.69, 9.17) is 4.74 Å². The van der Waals surface area contributed by atoms with E-state index in [0.717, 1.165) is 12.8 Å². The highest BCUT2D eigenvalue weighted by Gasteiger charge is 2.38. The molecule has 0 aliphatic heterocycles. The summed E-state index contributed by atoms with van der Waals surface area (Å²) < 4.78 is 42.2. The lowest BCUT2D eigenvalue weighted by atomic mass is 10.2. The molecule has 1 aliphatic carbocycles. The molecule has 112 valence electrons. The monoisotopic (exact) mass is 282 g/mol. The Labute approximate surface area is 111 Å². The van der Waals surface area contributed by atoms with E-state index in [1.54, 1.807) is 14.0 Å². The van der Waals surface area contributed by atoms with Crippen molar-refractivity contribution in [1.29, 1.82) is 0 Å². The summed E-state index contributed by atoms with van der Waals surface area (Å²) >= 11 is 0. The Morgan fingerprint density at radius 1 is 1.47 bits per heavy atom. The topological polar surface area (TPSA) is 41.6 Å². The average Bonchev–Trinajstić information content (AvgIpc) is 3.10. The van der Waals surface area contributed by atoms with Crippen LogP contribution in [0.4, 0.5) is 13.2 Å². The summed E-state index contributed by atoms with van der Waals surface area (Å²) in [6.45, 7) is 1.31. The van der Waals surface area contributed by atoms with Crippen LogP contribution in [0.1, 0.15) is 26.2 Å². The number of likely N-dealkylation sites (N-methyl/N-ethyl adjacent to an activating group) is 1. The second-order valence-electron chi connectivity index (χ2n) is 4.70. The fourth-order valence-electron chi connectivity index (χ4n) is 1.98. The molecule has 1 atom stereocenters. The van der Waals surface area contributed by atoms with Crippen molar-refractivity contribution in [2.45, 2.75) is 44.4 Å². The first-order valence-electron chi connectivity index (χ1n) is 6.52. The van der Waals surface area contributed by atoms with Gasteiger partial charge in [0.2, 0.25) is 0 Å². The molecule has 1 unspecified atom stereocenters. The molecule has 0 spiro atoms. The lowest BCUT2D eigenvalue weighted by Crippen LogP contribution is -2.42. The molecule has 0 radical (unpaired) electrons. The number of nitrogens with zero attached hydrogens (tertiary/aromatic N) is 1. The Morgan fingerprint density at radius 3 is 2.53 bits per heavy atom. The molecule has 7 heteroatoms. The first-order chi connectivity index (χ1) is 8.87. The number of hydrogen-bond donors (Lipinski definition) is 1. The summed E-state index contributed by atoms with van der Waals surface area (Å²) in [5, 5.41) is 2.78. The molecular formula is C12H21F3N2O2. The summed E-state index contributed by atoms with van der Waals surface area (Å²) in [6, 6.07) is -0.532. The molecule has 0 saturated heterocycles. The maximum Gasteiger partial charge on any atom is 0.401 e. The van der Waals surface area contributed by atoms with Crippen LogP contribution in [-0.2, 0) is 9.53 Å². The Kier molecular flexibility index (Phi) is 6.06. The van der Waals surface area contributed by atoms with E-state index in [9.17, 15) is 18.0 Å². The van der Waals surface area contributed by atoms with Crippen molar-refractivity contribution >= 4 is 5.97 Å². The smallest absolute Gasteiger partial charge is 0.401 e. The van der Waals surface area contributed by atoms with Crippen molar-refractivity contribution in [2.75, 3.05) is 26.7 Å². The first kappa shape index (κ1) is 16.2. The number of halogens is 3. The zero-order valence-corrected chi connectivity index (χ0v) is 11.3. The highest BCUT2D eigenvalue weighted by Crippen LogP contribution is 2.30. The number of nitrogens with one attached hydrogen (secondary N) is 1. The van der Waals surface area contributed by atoms with Crippen molar-refractivity contribution in [2.24, 2.45) is 0 Å². The Morgan fingerprint density at radius 2 is 2.11 bits per heavy atom. The standard InChI is InChI=1S/C12H21F3N2O2/c1-3-19-11(18)10(16-2)6-7-17(9-4-5-9)8-12(13,14)15/h9-10,16H,3-8H2,1-2H3. The quantitative estimate of drug-likeness (QED) is 0.686. The predicted octanol–water partition coefficient (Wildman–Crippen LogP) is 1.55. The molecule has 0 bridgehead atoms. The number of carbonyl (C=O) groups excluding carboxylic acids is 1. The van der Waals surface area contributed by atoms with Gasteiger partial charge < -0.3 is 10.1 Å². The molecule has 1 fully saturated rings. The van der Waals surface area contributed by atoms with Gasteiger partial charge in [0.1, 0.15) is 6.04 Å². The number of ether oxygens (including phenoxy) is 1. The highest BCUT2D eigenvalue weighted by atomic mass is 19.4. The molecule has 1 N–H and O–H groups in total. The van der Waals surface area contributed by atoms with Crippen LogP contribution < -0.4 is 5.32 Å². The van der Waals surface area contributed by atoms with E-state index < -0.39 is 24.7 Å². The number of alkyl halides is 3. The SMILES string of the molecule is CCOC(=O)C(CCN(CC(F)(F)F)C1CC1)NC. The van der Waals surface area contributed by atoms with Crippen LogP contribution in [0.25, 0.3) is 0 Å². The van der Waals surface area contributed by atoms with Gasteiger partial charge in [-0.25, -0.2) is 0 Å². The molecular weight excluding hydrogens is 261 g/mol. The number of hydrogen-bond acceptors (Lipinski definition) is 4. The van der Waals surface area contributed by atoms with Crippen LogP contribution in [0.2, 0.25) is 0 Å². The van der Waals surface area contributed by atoms with Gasteiger partial charge >= 0.3 is 12.1 Å². The molecule has 0 aromatic heterocycles. The maximum atomic E-state index is 12.4. The highest BCUT2D eigenvalue weighted by molar-refractivity contribution is 5.75. The van der Waals surface area contributed by atoms with Gasteiger partial charge in [0.25, 0.3) is 0 Å². The normalized spacial score (nSPS) is 17.6. The van der Waals surface area contributed by atoms with E-state index in [1.165, 1.54) is 4.90 Å². The van der Waals surface area contributed by atoms with E-state index in [1.807, 2.05) is 0 Å². The van der Waals surface area contributed by atoms with Crippen molar-refractivity contribution in [3.8, 4) is 0 Å². The predicted molar refractivity (Wildman–Crippen MR) is 64.7 cm³/mol. The summed E-state index contributed by atoms with van der Waals surface area (Å²) in [7, 11) is 1.60. The average molecular weight is 282 g/mol. The van der Waals surface area contributed by atoms with Crippen LogP contribution in [0.15, 0.2) is 0 Å². The van der Waals surface area contributed by atoms with Crippen LogP contribution in [0.5, 0.6) is 0 Å². The van der Waals surface area contributed by atoms with Gasteiger partial charge in [0, 0.05) is 12.6 Å². The van der Waals surface area contributed by atoms with Crippen LogP contribution in [0, 0.1) is 0 Å². The largest absolute Gasteiger partial charge is 0.465 e. The molecule has 19 heavy (non-hydrogen) atoms. The van der Waals surface area contributed by atoms with E-state index in [2.05, 4.69) is 5.32 Å². The molecule has 1 saturated carbocycles. The fourth-order valence-corrected chi connectivity index (χ4v) is 1.98. The Balaban J connectivity index is 2.43. The first-order valence-corrected chi connectivity index (χ1v) is 6.52. The molecule has 0 aromatic rings. The second-order valence-corrected chi connectivity index (χ2v) is 4.70. The Bertz CT molecular complexity index is 293. The van der Waals surface area contributed by atoms with Gasteiger partial charge in [-0.05, 0) is 33.2 Å². The summed E-state index contributed by atoms with van der Waals surface area (Å²) in [5.74, 6) is -0.409. The zero-order valence-electron chi connectivity index (χ0n) is 11.3. The molecule has 0 aromatic carbocycles. The lowest BCUT2D eigenvalue weighted by Gasteiger charge is -2.25. The van der Waals surface area contributed by atoms with Crippen molar-refractivity contribution in [1.82, 2.24) is 10.2 Å². The number of carbonyl (C=O) groups is 1. The second kappa shape index (κ2) is 7.09. The molecule has 0 amide bonds. The van der Waals surface area contributed by atoms with E-state index in [0.29, 0.717) is 6.42 Å². The molecule has 0 heterocycles. The van der Waals surface area contributed by atoms with Gasteiger partial charge in [-0.15, -0.1) is 0 Å². The van der Waals surface area contributed by atoms with Crippen molar-refractivity contribution in [3.63, 3.8) is 0 Å². The van der Waals surface area contributed by atoms with Crippen LogP contribution in [-0.4, -0.2) is 55.9 Å². The third-order valence-corrected chi connectivity index (χ3v) is 3.07. The van der Waals surface area contributed by atoms with Crippen molar-refractivity contribution < 1.29 is 22.7 Å². The van der Waals surface area contributed by atoms with Gasteiger partial charge in [-0.2, -0.15) is 13.2 Å². The summed E-state index contributed by atoms with van der Waals surface area (Å²) in [6.07, 6.45) is -2.26. The minimum absolute atomic E-state index is 0.0151. The van der Waals surface area contributed by atoms with Crippen LogP contribution >= 0.6 is 0 Å². The van der Waals surface area contributed by atoms with Crippen LogP contribution in [0.3, 0.4) is 0 Å². The van der Waals surface area contributed by atoms with Gasteiger partial charge in [-0.1, -0.05) is 0 Å². The summed E-state index contributed by atoms with van der Waals surface area (Å²) in [5.41, 5.74) is 0. The summed E-state index contributed by atoms with van der Waals surface area (Å²) in [4.78, 5) is 12.9.